The van der Waals surface area contributed by atoms with E-state index in [0.29, 0.717) is 0 Å². The third kappa shape index (κ3) is 3.90. The number of rotatable bonds is 3. The second kappa shape index (κ2) is 10.4. The van der Waals surface area contributed by atoms with Crippen LogP contribution in [0.4, 0.5) is 17.1 Å². The van der Waals surface area contributed by atoms with Crippen LogP contribution in [0.2, 0.25) is 0 Å². The molecule has 50 heavy (non-hydrogen) atoms. The minimum Gasteiger partial charge on any atom is -0.453 e. The first kappa shape index (κ1) is 27.3. The van der Waals surface area contributed by atoms with Crippen molar-refractivity contribution in [1.82, 2.24) is 14.5 Å². The zero-order valence-electron chi connectivity index (χ0n) is 26.9. The molecule has 0 spiro atoms. The average Bonchev–Trinajstić information content (AvgIpc) is 3.67. The fourth-order valence-corrected chi connectivity index (χ4v) is 8.09. The lowest BCUT2D eigenvalue weighted by Crippen LogP contribution is -2.48. The average molecular weight is 639 g/mol. The van der Waals surface area contributed by atoms with Crippen LogP contribution < -0.4 is 26.0 Å². The molecule has 0 amide bonds. The Hall–Kier alpha value is -6.66. The number of nitrogens with zero attached hydrogens (tertiary/aromatic N) is 4. The van der Waals surface area contributed by atoms with Crippen molar-refractivity contribution in [3.63, 3.8) is 0 Å². The van der Waals surface area contributed by atoms with Gasteiger partial charge in [-0.25, -0.2) is 4.98 Å². The summed E-state index contributed by atoms with van der Waals surface area (Å²) in [6.45, 7) is 0.0680. The zero-order chi connectivity index (χ0) is 32.8. The third-order valence-corrected chi connectivity index (χ3v) is 10.2. The summed E-state index contributed by atoms with van der Waals surface area (Å²) in [6, 6.07) is 55.6. The maximum Gasteiger partial charge on any atom is 0.244 e. The van der Waals surface area contributed by atoms with E-state index >= 15 is 0 Å². The van der Waals surface area contributed by atoms with Gasteiger partial charge in [-0.05, 0) is 71.0 Å². The second-order valence-corrected chi connectivity index (χ2v) is 13.0. The largest absolute Gasteiger partial charge is 0.453 e. The van der Waals surface area contributed by atoms with Crippen molar-refractivity contribution in [1.29, 1.82) is 0 Å². The monoisotopic (exact) mass is 638 g/mol. The molecule has 0 saturated carbocycles. The van der Waals surface area contributed by atoms with E-state index in [-0.39, 0.29) is 6.71 Å². The Balaban J connectivity index is 1.15. The Kier molecular flexibility index (Phi) is 5.69. The van der Waals surface area contributed by atoms with Crippen molar-refractivity contribution in [3.05, 3.63) is 164 Å². The molecular formula is C44H27BN4O. The van der Waals surface area contributed by atoms with Gasteiger partial charge in [-0.2, -0.15) is 0 Å². The topological polar surface area (TPSA) is 43.2 Å². The highest BCUT2D eigenvalue weighted by Gasteiger charge is 2.35. The van der Waals surface area contributed by atoms with E-state index in [4.69, 9.17) is 14.7 Å². The molecule has 9 aromatic rings. The lowest BCUT2D eigenvalue weighted by molar-refractivity contribution is 0.477. The molecule has 0 N–H and O–H groups in total. The van der Waals surface area contributed by atoms with Gasteiger partial charge in [-0.3, -0.25) is 4.98 Å². The predicted molar refractivity (Wildman–Crippen MR) is 205 cm³/mol. The first-order valence-corrected chi connectivity index (χ1v) is 16.9. The van der Waals surface area contributed by atoms with Gasteiger partial charge in [0.15, 0.2) is 11.5 Å². The number of pyridine rings is 2. The summed E-state index contributed by atoms with van der Waals surface area (Å²) in [5, 5.41) is 2.28. The number of benzene rings is 6. The lowest BCUT2D eigenvalue weighted by atomic mass is 9.39. The van der Waals surface area contributed by atoms with Crippen molar-refractivity contribution in [2.24, 2.45) is 0 Å². The Bertz CT molecular complexity index is 2780. The maximum atomic E-state index is 6.32. The summed E-state index contributed by atoms with van der Waals surface area (Å²) in [7, 11) is 0. The molecule has 2 aliphatic rings. The Morgan fingerprint density at radius 1 is 0.560 bits per heavy atom. The smallest absolute Gasteiger partial charge is 0.244 e. The fraction of sp³-hybridized carbons (Fsp3) is 0. The van der Waals surface area contributed by atoms with Crippen molar-refractivity contribution in [2.45, 2.75) is 0 Å². The van der Waals surface area contributed by atoms with E-state index < -0.39 is 0 Å². The minimum absolute atomic E-state index is 0.0680. The molecule has 0 aliphatic carbocycles. The van der Waals surface area contributed by atoms with Gasteiger partial charge in [-0.1, -0.05) is 114 Å². The van der Waals surface area contributed by atoms with E-state index in [1.807, 2.05) is 30.5 Å². The molecule has 5 heterocycles. The number of anilines is 3. The molecule has 0 radical (unpaired) electrons. The summed E-state index contributed by atoms with van der Waals surface area (Å²) < 4.78 is 8.66. The number of aromatic nitrogens is 3. The number of para-hydroxylation sites is 6. The Morgan fingerprint density at radius 2 is 1.28 bits per heavy atom. The van der Waals surface area contributed by atoms with Crippen LogP contribution >= 0.6 is 0 Å². The lowest BCUT2D eigenvalue weighted by Gasteiger charge is -2.32. The quantitative estimate of drug-likeness (QED) is 0.182. The molecule has 2 aliphatic heterocycles. The van der Waals surface area contributed by atoms with Crippen molar-refractivity contribution < 1.29 is 4.74 Å². The highest BCUT2D eigenvalue weighted by molar-refractivity contribution is 6.99. The van der Waals surface area contributed by atoms with Crippen LogP contribution in [0.3, 0.4) is 0 Å². The zero-order valence-corrected chi connectivity index (χ0v) is 26.9. The molecule has 232 valence electrons. The normalized spacial score (nSPS) is 12.9. The van der Waals surface area contributed by atoms with Crippen molar-refractivity contribution in [3.8, 4) is 28.4 Å². The molecule has 0 fully saturated rings. The standard InChI is InChI=1S/C44H27BN4O/c1-2-13-30(14-3-1)48-37-23-22-29(45-34-16-6-5-15-32(34)43-35(45)24-28-12-4-7-17-36(28)47-43)25-33(37)44-40(48)26-31(27-46-44)49-38-18-8-10-20-41(38)50-42-21-11-9-19-39(42)49/h1-27H. The summed E-state index contributed by atoms with van der Waals surface area (Å²) in [5.74, 6) is 1.64. The number of ether oxygens (including phenoxy) is 1. The molecule has 5 nitrogen and oxygen atoms in total. The molecule has 6 heteroatoms. The van der Waals surface area contributed by atoms with E-state index in [1.165, 1.54) is 22.0 Å². The second-order valence-electron chi connectivity index (χ2n) is 13.0. The van der Waals surface area contributed by atoms with Crippen LogP contribution in [0.1, 0.15) is 0 Å². The van der Waals surface area contributed by atoms with E-state index in [1.54, 1.807) is 0 Å². The number of fused-ring (bicyclic) bond motifs is 9. The van der Waals surface area contributed by atoms with E-state index in [0.717, 1.165) is 72.8 Å². The SMILES string of the molecule is c1ccc(-n2c3ccc(B4c5ccccc5-c5nc6ccccc6cc54)cc3c3ncc(N4c5ccccc5Oc5ccccc54)cc32)cc1. The van der Waals surface area contributed by atoms with Crippen LogP contribution in [-0.4, -0.2) is 21.2 Å². The molecule has 0 unspecified atom stereocenters. The van der Waals surface area contributed by atoms with Gasteiger partial charge < -0.3 is 14.2 Å². The van der Waals surface area contributed by atoms with Gasteiger partial charge in [-0.15, -0.1) is 0 Å². The summed E-state index contributed by atoms with van der Waals surface area (Å²) in [5.41, 5.74) is 14.2. The maximum absolute atomic E-state index is 6.32. The third-order valence-electron chi connectivity index (χ3n) is 10.2. The molecule has 0 bridgehead atoms. The van der Waals surface area contributed by atoms with E-state index in [2.05, 4.69) is 143 Å². The minimum atomic E-state index is 0.0680. The fourth-order valence-electron chi connectivity index (χ4n) is 8.09. The first-order valence-electron chi connectivity index (χ1n) is 16.9. The molecule has 6 aromatic carbocycles. The predicted octanol–water partition coefficient (Wildman–Crippen LogP) is 8.80. The molecule has 11 rings (SSSR count). The Labute approximate surface area is 288 Å². The van der Waals surface area contributed by atoms with Gasteiger partial charge in [0.25, 0.3) is 0 Å². The number of hydrogen-bond donors (Lipinski definition) is 0. The van der Waals surface area contributed by atoms with Crippen LogP contribution in [0.25, 0.3) is 49.8 Å². The molecule has 3 aromatic heterocycles. The van der Waals surface area contributed by atoms with Crippen LogP contribution in [0, 0.1) is 0 Å². The Morgan fingerprint density at radius 3 is 2.12 bits per heavy atom. The highest BCUT2D eigenvalue weighted by Crippen LogP contribution is 2.50. The molecular weight excluding hydrogens is 611 g/mol. The highest BCUT2D eigenvalue weighted by atomic mass is 16.5. The molecule has 0 atom stereocenters. The summed E-state index contributed by atoms with van der Waals surface area (Å²) in [6.07, 6.45) is 2.00. The molecule has 0 saturated heterocycles. The van der Waals surface area contributed by atoms with E-state index in [9.17, 15) is 0 Å². The van der Waals surface area contributed by atoms with Gasteiger partial charge in [0.1, 0.15) is 0 Å². The van der Waals surface area contributed by atoms with Gasteiger partial charge in [0, 0.05) is 11.1 Å². The first-order chi connectivity index (χ1) is 24.8. The van der Waals surface area contributed by atoms with Crippen molar-refractivity contribution in [2.75, 3.05) is 4.90 Å². The van der Waals surface area contributed by atoms with Gasteiger partial charge in [0.2, 0.25) is 6.71 Å². The summed E-state index contributed by atoms with van der Waals surface area (Å²) in [4.78, 5) is 12.7. The summed E-state index contributed by atoms with van der Waals surface area (Å²) >= 11 is 0. The van der Waals surface area contributed by atoms with Crippen LogP contribution in [-0.2, 0) is 0 Å². The van der Waals surface area contributed by atoms with Crippen LogP contribution in [0.5, 0.6) is 11.5 Å². The van der Waals surface area contributed by atoms with Crippen LogP contribution in [0.15, 0.2) is 164 Å². The van der Waals surface area contributed by atoms with Crippen molar-refractivity contribution >= 4 is 73.0 Å². The van der Waals surface area contributed by atoms with Gasteiger partial charge >= 0.3 is 0 Å². The van der Waals surface area contributed by atoms with Gasteiger partial charge in [0.05, 0.1) is 51.0 Å². The number of hydrogen-bond acceptors (Lipinski definition) is 4.